The molecule has 1 atom stereocenters. The van der Waals surface area contributed by atoms with E-state index in [4.69, 9.17) is 11.6 Å². The SMILES string of the molecule is CSCC(=O)NCC(C)CCCl. The lowest BCUT2D eigenvalue weighted by molar-refractivity contribution is -0.118. The fourth-order valence-electron chi connectivity index (χ4n) is 0.759. The average Bonchev–Trinajstić information content (AvgIpc) is 2.02. The van der Waals surface area contributed by atoms with E-state index in [9.17, 15) is 4.79 Å². The molecule has 0 bridgehead atoms. The Balaban J connectivity index is 3.33. The third kappa shape index (κ3) is 6.80. The highest BCUT2D eigenvalue weighted by atomic mass is 35.5. The summed E-state index contributed by atoms with van der Waals surface area (Å²) in [6.45, 7) is 2.83. The molecule has 12 heavy (non-hydrogen) atoms. The number of hydrogen-bond donors (Lipinski definition) is 1. The number of halogens is 1. The zero-order valence-corrected chi connectivity index (χ0v) is 9.17. The quantitative estimate of drug-likeness (QED) is 0.676. The van der Waals surface area contributed by atoms with Crippen LogP contribution in [0.1, 0.15) is 13.3 Å². The van der Waals surface area contributed by atoms with Crippen LogP contribution in [0.5, 0.6) is 0 Å². The van der Waals surface area contributed by atoms with Crippen LogP contribution in [0.4, 0.5) is 0 Å². The van der Waals surface area contributed by atoms with Crippen molar-refractivity contribution in [1.82, 2.24) is 5.32 Å². The number of nitrogens with one attached hydrogen (secondary N) is 1. The molecule has 0 rings (SSSR count). The summed E-state index contributed by atoms with van der Waals surface area (Å²) in [5.74, 6) is 1.81. The molecule has 0 aliphatic carbocycles. The first-order valence-electron chi connectivity index (χ1n) is 4.02. The van der Waals surface area contributed by atoms with Crippen LogP contribution in [0.2, 0.25) is 0 Å². The summed E-state index contributed by atoms with van der Waals surface area (Å²) in [5.41, 5.74) is 0. The van der Waals surface area contributed by atoms with Gasteiger partial charge in [-0.1, -0.05) is 6.92 Å². The van der Waals surface area contributed by atoms with Gasteiger partial charge < -0.3 is 5.32 Å². The van der Waals surface area contributed by atoms with E-state index in [0.717, 1.165) is 13.0 Å². The lowest BCUT2D eigenvalue weighted by atomic mass is 10.1. The Hall–Kier alpha value is 0.110. The van der Waals surface area contributed by atoms with Crippen molar-refractivity contribution in [3.05, 3.63) is 0 Å². The molecule has 0 fully saturated rings. The normalized spacial score (nSPS) is 12.6. The van der Waals surface area contributed by atoms with Crippen LogP contribution in [-0.4, -0.2) is 30.3 Å². The molecule has 0 aromatic heterocycles. The van der Waals surface area contributed by atoms with Gasteiger partial charge in [0, 0.05) is 12.4 Å². The van der Waals surface area contributed by atoms with E-state index in [-0.39, 0.29) is 5.91 Å². The molecule has 4 heteroatoms. The molecule has 0 spiro atoms. The number of thioether (sulfide) groups is 1. The van der Waals surface area contributed by atoms with E-state index >= 15 is 0 Å². The smallest absolute Gasteiger partial charge is 0.229 e. The molecule has 0 radical (unpaired) electrons. The highest BCUT2D eigenvalue weighted by Crippen LogP contribution is 2.01. The first kappa shape index (κ1) is 12.1. The maximum absolute atomic E-state index is 11.0. The van der Waals surface area contributed by atoms with Gasteiger partial charge in [-0.05, 0) is 18.6 Å². The van der Waals surface area contributed by atoms with Gasteiger partial charge in [-0.3, -0.25) is 4.79 Å². The van der Waals surface area contributed by atoms with Crippen LogP contribution in [0, 0.1) is 5.92 Å². The van der Waals surface area contributed by atoms with E-state index in [1.54, 1.807) is 0 Å². The third-order valence-electron chi connectivity index (χ3n) is 1.53. The number of alkyl halides is 1. The maximum Gasteiger partial charge on any atom is 0.229 e. The van der Waals surface area contributed by atoms with Crippen molar-refractivity contribution in [2.45, 2.75) is 13.3 Å². The van der Waals surface area contributed by atoms with Gasteiger partial charge in [0.25, 0.3) is 0 Å². The van der Waals surface area contributed by atoms with Gasteiger partial charge in [-0.2, -0.15) is 11.8 Å². The number of carbonyl (C=O) groups excluding carboxylic acids is 1. The Bertz CT molecular complexity index is 132. The summed E-state index contributed by atoms with van der Waals surface area (Å²) in [7, 11) is 0. The van der Waals surface area contributed by atoms with Crippen LogP contribution < -0.4 is 5.32 Å². The van der Waals surface area contributed by atoms with Crippen molar-refractivity contribution in [2.24, 2.45) is 5.92 Å². The Labute approximate surface area is 83.4 Å². The van der Waals surface area contributed by atoms with Gasteiger partial charge >= 0.3 is 0 Å². The molecule has 0 saturated heterocycles. The minimum Gasteiger partial charge on any atom is -0.355 e. The molecule has 1 amide bonds. The van der Waals surface area contributed by atoms with E-state index in [2.05, 4.69) is 12.2 Å². The zero-order chi connectivity index (χ0) is 9.40. The highest BCUT2D eigenvalue weighted by molar-refractivity contribution is 7.99. The fraction of sp³-hybridized carbons (Fsp3) is 0.875. The van der Waals surface area contributed by atoms with Gasteiger partial charge in [0.1, 0.15) is 0 Å². The second-order valence-electron chi connectivity index (χ2n) is 2.82. The van der Waals surface area contributed by atoms with Crippen LogP contribution >= 0.6 is 23.4 Å². The standard InChI is InChI=1S/C8H16ClNOS/c1-7(3-4-9)5-10-8(11)6-12-2/h7H,3-6H2,1-2H3,(H,10,11). The molecule has 0 heterocycles. The summed E-state index contributed by atoms with van der Waals surface area (Å²) in [6, 6.07) is 0. The van der Waals surface area contributed by atoms with Crippen LogP contribution in [0.15, 0.2) is 0 Å². The summed E-state index contributed by atoms with van der Waals surface area (Å²) in [6.07, 6.45) is 2.88. The van der Waals surface area contributed by atoms with Crippen molar-refractivity contribution < 1.29 is 4.79 Å². The van der Waals surface area contributed by atoms with Crippen molar-refractivity contribution in [1.29, 1.82) is 0 Å². The van der Waals surface area contributed by atoms with Gasteiger partial charge in [0.15, 0.2) is 0 Å². The molecule has 72 valence electrons. The Morgan fingerprint density at radius 2 is 2.33 bits per heavy atom. The van der Waals surface area contributed by atoms with Gasteiger partial charge in [0.2, 0.25) is 5.91 Å². The van der Waals surface area contributed by atoms with Crippen molar-refractivity contribution in [3.8, 4) is 0 Å². The molecule has 0 aromatic carbocycles. The summed E-state index contributed by atoms with van der Waals surface area (Å²) in [4.78, 5) is 11.0. The van der Waals surface area contributed by atoms with Crippen molar-refractivity contribution >= 4 is 29.3 Å². The van der Waals surface area contributed by atoms with Crippen molar-refractivity contribution in [3.63, 3.8) is 0 Å². The summed E-state index contributed by atoms with van der Waals surface area (Å²) >= 11 is 7.09. The van der Waals surface area contributed by atoms with E-state index < -0.39 is 0 Å². The topological polar surface area (TPSA) is 29.1 Å². The Morgan fingerprint density at radius 1 is 1.67 bits per heavy atom. The maximum atomic E-state index is 11.0. The molecule has 0 aliphatic rings. The number of carbonyl (C=O) groups is 1. The van der Waals surface area contributed by atoms with E-state index in [0.29, 0.717) is 17.6 Å². The molecule has 0 saturated carbocycles. The zero-order valence-electron chi connectivity index (χ0n) is 7.60. The Kier molecular flexibility index (Phi) is 7.81. The number of hydrogen-bond acceptors (Lipinski definition) is 2. The largest absolute Gasteiger partial charge is 0.355 e. The molecule has 1 unspecified atom stereocenters. The van der Waals surface area contributed by atoms with Gasteiger partial charge in [0.05, 0.1) is 5.75 Å². The van der Waals surface area contributed by atoms with Gasteiger partial charge in [-0.25, -0.2) is 0 Å². The number of amides is 1. The Morgan fingerprint density at radius 3 is 2.83 bits per heavy atom. The lowest BCUT2D eigenvalue weighted by Gasteiger charge is -2.09. The lowest BCUT2D eigenvalue weighted by Crippen LogP contribution is -2.29. The van der Waals surface area contributed by atoms with E-state index in [1.807, 2.05) is 6.26 Å². The molecule has 0 aromatic rings. The summed E-state index contributed by atoms with van der Waals surface area (Å²) in [5, 5.41) is 2.85. The van der Waals surface area contributed by atoms with Gasteiger partial charge in [-0.15, -0.1) is 11.6 Å². The first-order chi connectivity index (χ1) is 5.70. The molecular formula is C8H16ClNOS. The minimum atomic E-state index is 0.115. The first-order valence-corrected chi connectivity index (χ1v) is 5.95. The number of rotatable bonds is 6. The predicted molar refractivity (Wildman–Crippen MR) is 55.9 cm³/mol. The molecule has 0 aliphatic heterocycles. The predicted octanol–water partition coefficient (Wildman–Crippen LogP) is 1.73. The monoisotopic (exact) mass is 209 g/mol. The molecular weight excluding hydrogens is 194 g/mol. The third-order valence-corrected chi connectivity index (χ3v) is 2.29. The fourth-order valence-corrected chi connectivity index (χ4v) is 1.50. The van der Waals surface area contributed by atoms with Crippen LogP contribution in [0.25, 0.3) is 0 Å². The second-order valence-corrected chi connectivity index (χ2v) is 4.06. The van der Waals surface area contributed by atoms with Crippen molar-refractivity contribution in [2.75, 3.05) is 24.4 Å². The molecule has 2 nitrogen and oxygen atoms in total. The van der Waals surface area contributed by atoms with Crippen LogP contribution in [0.3, 0.4) is 0 Å². The van der Waals surface area contributed by atoms with Crippen LogP contribution in [-0.2, 0) is 4.79 Å². The summed E-state index contributed by atoms with van der Waals surface area (Å²) < 4.78 is 0. The molecule has 1 N–H and O–H groups in total. The minimum absolute atomic E-state index is 0.115. The highest BCUT2D eigenvalue weighted by Gasteiger charge is 2.03. The average molecular weight is 210 g/mol. The van der Waals surface area contributed by atoms with E-state index in [1.165, 1.54) is 11.8 Å². The second kappa shape index (κ2) is 7.74.